The highest BCUT2D eigenvalue weighted by Crippen LogP contribution is 2.33. The molecule has 0 saturated heterocycles. The number of unbranched alkanes of at least 4 members (excludes halogenated alkanes) is 1. The van der Waals surface area contributed by atoms with Gasteiger partial charge in [0.2, 0.25) is 5.91 Å². The van der Waals surface area contributed by atoms with Gasteiger partial charge in [-0.3, -0.25) is 13.9 Å². The van der Waals surface area contributed by atoms with Gasteiger partial charge in [-0.2, -0.15) is 16.8 Å². The monoisotopic (exact) mass is 428 g/mol. The number of carbonyl (C=O) groups excluding carboxylic acids is 1. The Morgan fingerprint density at radius 2 is 1.82 bits per heavy atom. The molecular formula is C15H16N4O7S2. The number of anilines is 1. The Labute approximate surface area is 160 Å². The number of amides is 1. The van der Waals surface area contributed by atoms with Crippen molar-refractivity contribution in [3.63, 3.8) is 0 Å². The SMILES string of the molecule is [N-]=[N+]=NCCCCC(=O)Nc1cccc2cc(S(=O)(=O)O)cc(S(=O)(=O)O)c12. The average molecular weight is 428 g/mol. The molecule has 28 heavy (non-hydrogen) atoms. The van der Waals surface area contributed by atoms with E-state index in [4.69, 9.17) is 5.53 Å². The summed E-state index contributed by atoms with van der Waals surface area (Å²) in [5.74, 6) is -0.450. The molecule has 0 heterocycles. The van der Waals surface area contributed by atoms with Gasteiger partial charge in [0.15, 0.2) is 0 Å². The van der Waals surface area contributed by atoms with Crippen LogP contribution in [0, 0.1) is 0 Å². The molecule has 0 atom stereocenters. The molecule has 0 aromatic heterocycles. The zero-order chi connectivity index (χ0) is 20.9. The van der Waals surface area contributed by atoms with Crippen molar-refractivity contribution < 1.29 is 30.7 Å². The van der Waals surface area contributed by atoms with Crippen LogP contribution in [0.2, 0.25) is 0 Å². The van der Waals surface area contributed by atoms with Crippen molar-refractivity contribution >= 4 is 42.6 Å². The standard InChI is InChI=1S/C15H16N4O7S2/c16-19-17-7-2-1-6-14(20)18-12-5-3-4-10-8-11(27(21,22)23)9-13(15(10)12)28(24,25)26/h3-5,8-9H,1-2,6-7H2,(H,18,20)(H,21,22,23)(H,24,25,26). The summed E-state index contributed by atoms with van der Waals surface area (Å²) >= 11 is 0. The maximum atomic E-state index is 12.1. The molecule has 13 heteroatoms. The summed E-state index contributed by atoms with van der Waals surface area (Å²) in [5, 5.41) is 5.84. The highest BCUT2D eigenvalue weighted by atomic mass is 32.2. The van der Waals surface area contributed by atoms with Crippen molar-refractivity contribution in [3.8, 4) is 0 Å². The maximum absolute atomic E-state index is 12.1. The third-order valence-corrected chi connectivity index (χ3v) is 5.45. The van der Waals surface area contributed by atoms with Gasteiger partial charge < -0.3 is 5.32 Å². The number of benzene rings is 2. The summed E-state index contributed by atoms with van der Waals surface area (Å²) in [6, 6.07) is 5.84. The zero-order valence-electron chi connectivity index (χ0n) is 14.3. The predicted octanol–water partition coefficient (Wildman–Crippen LogP) is 2.75. The number of nitrogens with zero attached hydrogens (tertiary/aromatic N) is 3. The molecule has 0 bridgehead atoms. The molecule has 0 unspecified atom stereocenters. The summed E-state index contributed by atoms with van der Waals surface area (Å²) < 4.78 is 65.0. The van der Waals surface area contributed by atoms with Crippen LogP contribution in [0.25, 0.3) is 21.2 Å². The van der Waals surface area contributed by atoms with Crippen molar-refractivity contribution in [2.75, 3.05) is 11.9 Å². The van der Waals surface area contributed by atoms with Crippen LogP contribution in [-0.2, 0) is 25.0 Å². The molecule has 0 radical (unpaired) electrons. The summed E-state index contributed by atoms with van der Waals surface area (Å²) in [6.45, 7) is 0.239. The fourth-order valence-electron chi connectivity index (χ4n) is 2.54. The van der Waals surface area contributed by atoms with Crippen LogP contribution in [0.1, 0.15) is 19.3 Å². The van der Waals surface area contributed by atoms with Crippen LogP contribution in [0.15, 0.2) is 45.2 Å². The van der Waals surface area contributed by atoms with E-state index in [0.29, 0.717) is 18.9 Å². The van der Waals surface area contributed by atoms with Crippen LogP contribution in [0.5, 0.6) is 0 Å². The van der Waals surface area contributed by atoms with Gasteiger partial charge in [-0.15, -0.1) is 0 Å². The van der Waals surface area contributed by atoms with Gasteiger partial charge in [-0.25, -0.2) is 0 Å². The van der Waals surface area contributed by atoms with Gasteiger partial charge in [0.1, 0.15) is 4.90 Å². The first-order valence-electron chi connectivity index (χ1n) is 7.86. The van der Waals surface area contributed by atoms with Crippen LogP contribution < -0.4 is 5.32 Å². The molecule has 2 aromatic rings. The summed E-state index contributed by atoms with van der Waals surface area (Å²) in [7, 11) is -9.60. The van der Waals surface area contributed by atoms with Gasteiger partial charge in [0, 0.05) is 29.0 Å². The highest BCUT2D eigenvalue weighted by Gasteiger charge is 2.22. The minimum atomic E-state index is -4.87. The molecular weight excluding hydrogens is 412 g/mol. The van der Waals surface area contributed by atoms with Crippen molar-refractivity contribution in [1.29, 1.82) is 0 Å². The number of hydrogen-bond donors (Lipinski definition) is 3. The molecule has 1 amide bonds. The normalized spacial score (nSPS) is 11.8. The van der Waals surface area contributed by atoms with E-state index in [9.17, 15) is 30.7 Å². The molecule has 0 aliphatic heterocycles. The third kappa shape index (κ3) is 5.41. The molecule has 0 spiro atoms. The van der Waals surface area contributed by atoms with Crippen LogP contribution >= 0.6 is 0 Å². The Morgan fingerprint density at radius 3 is 2.43 bits per heavy atom. The Bertz CT molecular complexity index is 1170. The predicted molar refractivity (Wildman–Crippen MR) is 100 cm³/mol. The lowest BCUT2D eigenvalue weighted by Gasteiger charge is -2.13. The molecule has 3 N–H and O–H groups in total. The number of azide groups is 1. The van der Waals surface area contributed by atoms with Crippen molar-refractivity contribution in [1.82, 2.24) is 0 Å². The van der Waals surface area contributed by atoms with Crippen molar-refractivity contribution in [2.24, 2.45) is 5.11 Å². The van der Waals surface area contributed by atoms with E-state index in [2.05, 4.69) is 15.3 Å². The van der Waals surface area contributed by atoms with E-state index in [0.717, 1.165) is 6.07 Å². The largest absolute Gasteiger partial charge is 0.325 e. The second-order valence-corrected chi connectivity index (χ2v) is 8.55. The van der Waals surface area contributed by atoms with Gasteiger partial charge in [0.25, 0.3) is 20.2 Å². The van der Waals surface area contributed by atoms with E-state index >= 15 is 0 Å². The molecule has 0 aliphatic rings. The van der Waals surface area contributed by atoms with E-state index in [-0.39, 0.29) is 29.4 Å². The second kappa shape index (κ2) is 8.54. The quantitative estimate of drug-likeness (QED) is 0.189. The smallest absolute Gasteiger partial charge is 0.295 e. The topological polar surface area (TPSA) is 187 Å². The van der Waals surface area contributed by atoms with E-state index in [1.165, 1.54) is 18.2 Å². The van der Waals surface area contributed by atoms with Crippen LogP contribution in [-0.4, -0.2) is 38.4 Å². The average Bonchev–Trinajstić information content (AvgIpc) is 2.59. The van der Waals surface area contributed by atoms with Crippen molar-refractivity contribution in [2.45, 2.75) is 29.1 Å². The number of carbonyl (C=O) groups is 1. The number of rotatable bonds is 8. The maximum Gasteiger partial charge on any atom is 0.295 e. The first-order valence-corrected chi connectivity index (χ1v) is 10.7. The van der Waals surface area contributed by atoms with Crippen LogP contribution in [0.4, 0.5) is 5.69 Å². The molecule has 0 saturated carbocycles. The number of nitrogens with one attached hydrogen (secondary N) is 1. The number of fused-ring (bicyclic) bond motifs is 1. The summed E-state index contributed by atoms with van der Waals surface area (Å²) in [6.07, 6.45) is 0.982. The highest BCUT2D eigenvalue weighted by molar-refractivity contribution is 7.86. The summed E-state index contributed by atoms with van der Waals surface area (Å²) in [4.78, 5) is 13.2. The number of hydrogen-bond acceptors (Lipinski definition) is 6. The van der Waals surface area contributed by atoms with E-state index in [1.807, 2.05) is 0 Å². The Hall–Kier alpha value is -2.70. The van der Waals surface area contributed by atoms with E-state index < -0.39 is 35.9 Å². The molecule has 11 nitrogen and oxygen atoms in total. The van der Waals surface area contributed by atoms with Gasteiger partial charge in [0.05, 0.1) is 4.90 Å². The molecule has 0 aliphatic carbocycles. The van der Waals surface area contributed by atoms with Gasteiger partial charge >= 0.3 is 0 Å². The van der Waals surface area contributed by atoms with Crippen LogP contribution in [0.3, 0.4) is 0 Å². The van der Waals surface area contributed by atoms with Gasteiger partial charge in [-0.1, -0.05) is 17.2 Å². The fourth-order valence-corrected chi connectivity index (χ4v) is 3.92. The minimum absolute atomic E-state index is 0.0482. The Morgan fingerprint density at radius 1 is 1.11 bits per heavy atom. The first kappa shape index (κ1) is 21.6. The third-order valence-electron chi connectivity index (χ3n) is 3.74. The summed E-state index contributed by atoms with van der Waals surface area (Å²) in [5.41, 5.74) is 8.24. The Kier molecular flexibility index (Phi) is 6.59. The first-order chi connectivity index (χ1) is 13.0. The lowest BCUT2D eigenvalue weighted by molar-refractivity contribution is -0.116. The van der Waals surface area contributed by atoms with Gasteiger partial charge in [-0.05, 0) is 42.0 Å². The lowest BCUT2D eigenvalue weighted by atomic mass is 10.1. The Balaban J connectivity index is 2.45. The zero-order valence-corrected chi connectivity index (χ0v) is 15.9. The van der Waals surface area contributed by atoms with Crippen molar-refractivity contribution in [3.05, 3.63) is 40.8 Å². The molecule has 0 fully saturated rings. The lowest BCUT2D eigenvalue weighted by Crippen LogP contribution is -2.13. The fraction of sp³-hybridized carbons (Fsp3) is 0.267. The molecule has 2 rings (SSSR count). The van der Waals surface area contributed by atoms with E-state index in [1.54, 1.807) is 0 Å². The molecule has 2 aromatic carbocycles. The second-order valence-electron chi connectivity index (χ2n) is 5.73. The minimum Gasteiger partial charge on any atom is -0.325 e. The molecule has 150 valence electrons.